The molecular weight excluding hydrogens is 206 g/mol. The first kappa shape index (κ1) is 12.6. The van der Waals surface area contributed by atoms with Gasteiger partial charge in [-0.15, -0.1) is 0 Å². The first-order valence-electron chi connectivity index (χ1n) is 5.31. The molecule has 0 spiro atoms. The molecule has 90 valence electrons. The molecule has 0 unspecified atom stereocenters. The van der Waals surface area contributed by atoms with Crippen LogP contribution >= 0.6 is 0 Å². The van der Waals surface area contributed by atoms with Crippen molar-refractivity contribution in [3.05, 3.63) is 18.2 Å². The molecule has 0 aliphatic rings. The maximum atomic E-state index is 5.79. The Morgan fingerprint density at radius 2 is 2.00 bits per heavy atom. The molecule has 0 heterocycles. The van der Waals surface area contributed by atoms with Crippen LogP contribution in [-0.4, -0.2) is 26.4 Å². The number of rotatable bonds is 6. The minimum absolute atomic E-state index is 0.0940. The average molecular weight is 225 g/mol. The summed E-state index contributed by atoms with van der Waals surface area (Å²) in [7, 11) is 1.64. The summed E-state index contributed by atoms with van der Waals surface area (Å²) in [6, 6.07) is 5.39. The van der Waals surface area contributed by atoms with Crippen LogP contribution in [0.4, 0.5) is 5.69 Å². The monoisotopic (exact) mass is 225 g/mol. The molecular formula is C12H19NO3. The third-order valence-electron chi connectivity index (χ3n) is 1.90. The van der Waals surface area contributed by atoms with Crippen LogP contribution in [0, 0.1) is 0 Å². The van der Waals surface area contributed by atoms with Crippen LogP contribution in [0.15, 0.2) is 18.2 Å². The number of nitrogen functional groups attached to an aromatic ring is 1. The van der Waals surface area contributed by atoms with E-state index in [4.69, 9.17) is 19.9 Å². The highest BCUT2D eigenvalue weighted by Gasteiger charge is 2.05. The number of nitrogens with two attached hydrogens (primary N) is 1. The first-order chi connectivity index (χ1) is 7.63. The van der Waals surface area contributed by atoms with E-state index in [-0.39, 0.29) is 6.10 Å². The van der Waals surface area contributed by atoms with Gasteiger partial charge in [0.05, 0.1) is 18.4 Å². The highest BCUT2D eigenvalue weighted by atomic mass is 16.5. The number of ether oxygens (including phenoxy) is 3. The van der Waals surface area contributed by atoms with Gasteiger partial charge in [-0.05, 0) is 26.0 Å². The highest BCUT2D eigenvalue weighted by molar-refractivity contribution is 5.55. The predicted molar refractivity (Wildman–Crippen MR) is 64.0 cm³/mol. The second-order valence-corrected chi connectivity index (χ2v) is 3.71. The largest absolute Gasteiger partial charge is 0.491 e. The standard InChI is InChI=1S/C12H19NO3/c1-9(2)16-12-8-10(4-5-11(12)13)15-7-6-14-3/h4-5,8-9H,6-7,13H2,1-3H3. The van der Waals surface area contributed by atoms with Crippen molar-refractivity contribution in [3.63, 3.8) is 0 Å². The smallest absolute Gasteiger partial charge is 0.146 e. The lowest BCUT2D eigenvalue weighted by atomic mass is 10.3. The molecule has 4 nitrogen and oxygen atoms in total. The summed E-state index contributed by atoms with van der Waals surface area (Å²) >= 11 is 0. The third-order valence-corrected chi connectivity index (χ3v) is 1.90. The predicted octanol–water partition coefficient (Wildman–Crippen LogP) is 2.08. The van der Waals surface area contributed by atoms with Crippen molar-refractivity contribution >= 4 is 5.69 Å². The van der Waals surface area contributed by atoms with E-state index in [9.17, 15) is 0 Å². The molecule has 0 amide bonds. The van der Waals surface area contributed by atoms with E-state index >= 15 is 0 Å². The topological polar surface area (TPSA) is 53.7 Å². The molecule has 0 aliphatic heterocycles. The zero-order valence-corrected chi connectivity index (χ0v) is 10.0. The molecule has 0 aliphatic carbocycles. The Bertz CT molecular complexity index is 326. The van der Waals surface area contributed by atoms with Crippen LogP contribution in [0.2, 0.25) is 0 Å². The van der Waals surface area contributed by atoms with E-state index in [1.54, 1.807) is 19.2 Å². The zero-order valence-electron chi connectivity index (χ0n) is 10.0. The number of anilines is 1. The fraction of sp³-hybridized carbons (Fsp3) is 0.500. The van der Waals surface area contributed by atoms with Gasteiger partial charge in [0.2, 0.25) is 0 Å². The summed E-state index contributed by atoms with van der Waals surface area (Å²) in [6.07, 6.45) is 0.0940. The van der Waals surface area contributed by atoms with E-state index in [1.807, 2.05) is 19.9 Å². The Morgan fingerprint density at radius 1 is 1.25 bits per heavy atom. The van der Waals surface area contributed by atoms with Crippen LogP contribution in [-0.2, 0) is 4.74 Å². The minimum Gasteiger partial charge on any atom is -0.491 e. The SMILES string of the molecule is COCCOc1ccc(N)c(OC(C)C)c1. The van der Waals surface area contributed by atoms with Crippen molar-refractivity contribution in [2.24, 2.45) is 0 Å². The molecule has 1 aromatic rings. The summed E-state index contributed by atoms with van der Waals surface area (Å²) in [5.74, 6) is 1.40. The van der Waals surface area contributed by atoms with Crippen molar-refractivity contribution in [3.8, 4) is 11.5 Å². The Labute approximate surface area is 96.3 Å². The Kier molecular flexibility index (Phi) is 4.92. The van der Waals surface area contributed by atoms with E-state index < -0.39 is 0 Å². The van der Waals surface area contributed by atoms with Gasteiger partial charge in [0.15, 0.2) is 0 Å². The highest BCUT2D eigenvalue weighted by Crippen LogP contribution is 2.27. The third kappa shape index (κ3) is 3.98. The summed E-state index contributed by atoms with van der Waals surface area (Å²) < 4.78 is 15.9. The molecule has 1 aromatic carbocycles. The van der Waals surface area contributed by atoms with Gasteiger partial charge in [-0.1, -0.05) is 0 Å². The summed E-state index contributed by atoms with van der Waals surface area (Å²) in [4.78, 5) is 0. The van der Waals surface area contributed by atoms with Gasteiger partial charge in [0, 0.05) is 13.2 Å². The molecule has 0 atom stereocenters. The summed E-state index contributed by atoms with van der Waals surface area (Å²) in [5, 5.41) is 0. The lowest BCUT2D eigenvalue weighted by Crippen LogP contribution is -2.08. The van der Waals surface area contributed by atoms with Crippen LogP contribution in [0.3, 0.4) is 0 Å². The van der Waals surface area contributed by atoms with E-state index in [1.165, 1.54) is 0 Å². The van der Waals surface area contributed by atoms with Gasteiger partial charge in [0.1, 0.15) is 18.1 Å². The van der Waals surface area contributed by atoms with Gasteiger partial charge < -0.3 is 19.9 Å². The molecule has 2 N–H and O–H groups in total. The van der Waals surface area contributed by atoms with E-state index in [2.05, 4.69) is 0 Å². The number of methoxy groups -OCH3 is 1. The van der Waals surface area contributed by atoms with Gasteiger partial charge in [0.25, 0.3) is 0 Å². The van der Waals surface area contributed by atoms with Crippen molar-refractivity contribution in [2.45, 2.75) is 20.0 Å². The summed E-state index contributed by atoms with van der Waals surface area (Å²) in [6.45, 7) is 4.99. The molecule has 1 rings (SSSR count). The molecule has 0 saturated carbocycles. The number of hydrogen-bond acceptors (Lipinski definition) is 4. The van der Waals surface area contributed by atoms with Crippen LogP contribution < -0.4 is 15.2 Å². The van der Waals surface area contributed by atoms with Gasteiger partial charge in [-0.3, -0.25) is 0 Å². The quantitative estimate of drug-likeness (QED) is 0.595. The maximum absolute atomic E-state index is 5.79. The van der Waals surface area contributed by atoms with Gasteiger partial charge in [-0.2, -0.15) is 0 Å². The van der Waals surface area contributed by atoms with E-state index in [0.29, 0.717) is 24.7 Å². The maximum Gasteiger partial charge on any atom is 0.146 e. The van der Waals surface area contributed by atoms with Crippen molar-refractivity contribution < 1.29 is 14.2 Å². The van der Waals surface area contributed by atoms with Crippen molar-refractivity contribution in [1.82, 2.24) is 0 Å². The van der Waals surface area contributed by atoms with Crippen LogP contribution in [0.25, 0.3) is 0 Å². The normalized spacial score (nSPS) is 10.5. The molecule has 16 heavy (non-hydrogen) atoms. The Balaban J connectivity index is 2.65. The Morgan fingerprint density at radius 3 is 2.62 bits per heavy atom. The zero-order chi connectivity index (χ0) is 12.0. The van der Waals surface area contributed by atoms with Crippen molar-refractivity contribution in [1.29, 1.82) is 0 Å². The molecule has 4 heteroatoms. The van der Waals surface area contributed by atoms with Crippen LogP contribution in [0.5, 0.6) is 11.5 Å². The number of hydrogen-bond donors (Lipinski definition) is 1. The lowest BCUT2D eigenvalue weighted by molar-refractivity contribution is 0.146. The lowest BCUT2D eigenvalue weighted by Gasteiger charge is -2.13. The van der Waals surface area contributed by atoms with Crippen LogP contribution in [0.1, 0.15) is 13.8 Å². The molecule has 0 radical (unpaired) electrons. The summed E-state index contributed by atoms with van der Waals surface area (Å²) in [5.41, 5.74) is 6.41. The molecule has 0 bridgehead atoms. The second-order valence-electron chi connectivity index (χ2n) is 3.71. The average Bonchev–Trinajstić information content (AvgIpc) is 2.22. The molecule has 0 aromatic heterocycles. The van der Waals surface area contributed by atoms with Crippen molar-refractivity contribution in [2.75, 3.05) is 26.1 Å². The Hall–Kier alpha value is -1.42. The van der Waals surface area contributed by atoms with Gasteiger partial charge >= 0.3 is 0 Å². The van der Waals surface area contributed by atoms with E-state index in [0.717, 1.165) is 5.75 Å². The minimum atomic E-state index is 0.0940. The number of benzene rings is 1. The molecule has 0 saturated heterocycles. The second kappa shape index (κ2) is 6.23. The first-order valence-corrected chi connectivity index (χ1v) is 5.31. The van der Waals surface area contributed by atoms with Gasteiger partial charge in [-0.25, -0.2) is 0 Å². The molecule has 0 fully saturated rings. The fourth-order valence-electron chi connectivity index (χ4n) is 1.20. The fourth-order valence-corrected chi connectivity index (χ4v) is 1.20.